The van der Waals surface area contributed by atoms with Gasteiger partial charge in [-0.1, -0.05) is 18.2 Å². The molecule has 1 unspecified atom stereocenters. The molecule has 2 N–H and O–H groups in total. The van der Waals surface area contributed by atoms with Crippen molar-refractivity contribution < 1.29 is 19.4 Å². The summed E-state index contributed by atoms with van der Waals surface area (Å²) in [5.41, 5.74) is 1.00. The van der Waals surface area contributed by atoms with Gasteiger partial charge >= 0.3 is 5.97 Å². The fraction of sp³-hybridized carbons (Fsp3) is 0.308. The third-order valence-corrected chi connectivity index (χ3v) is 2.95. The van der Waals surface area contributed by atoms with E-state index in [1.54, 1.807) is 23.9 Å². The number of benzene rings is 1. The quantitative estimate of drug-likeness (QED) is 0.757. The van der Waals surface area contributed by atoms with Crippen molar-refractivity contribution in [2.45, 2.75) is 6.04 Å². The number of nitrogens with zero attached hydrogens (tertiary/aromatic N) is 2. The Labute approximate surface area is 115 Å². The summed E-state index contributed by atoms with van der Waals surface area (Å²) in [6.07, 6.45) is 0. The summed E-state index contributed by atoms with van der Waals surface area (Å²) in [7, 11) is 2.91. The van der Waals surface area contributed by atoms with E-state index in [-0.39, 0.29) is 5.69 Å². The lowest BCUT2D eigenvalue weighted by molar-refractivity contribution is -0.143. The summed E-state index contributed by atoms with van der Waals surface area (Å²) in [5.74, 6) is -1.24. The first kappa shape index (κ1) is 14.0. The topological polar surface area (TPSA) is 93.4 Å². The number of aryl methyl sites for hydroxylation is 1. The van der Waals surface area contributed by atoms with Crippen LogP contribution in [0, 0.1) is 0 Å². The Hall–Kier alpha value is -2.41. The number of aliphatic hydroxyl groups is 1. The van der Waals surface area contributed by atoms with Gasteiger partial charge in [0.1, 0.15) is 0 Å². The smallest absolute Gasteiger partial charge is 0.330 e. The second-order valence-electron chi connectivity index (χ2n) is 4.22. The zero-order chi connectivity index (χ0) is 14.7. The molecule has 1 amide bonds. The molecule has 0 aliphatic carbocycles. The van der Waals surface area contributed by atoms with Gasteiger partial charge in [-0.3, -0.25) is 9.48 Å². The van der Waals surface area contributed by atoms with E-state index in [4.69, 9.17) is 5.11 Å². The van der Waals surface area contributed by atoms with Gasteiger partial charge in [0, 0.05) is 12.4 Å². The minimum atomic E-state index is -1.10. The highest BCUT2D eigenvalue weighted by molar-refractivity contribution is 6.05. The maximum atomic E-state index is 12.2. The van der Waals surface area contributed by atoms with Gasteiger partial charge < -0.3 is 15.2 Å². The number of carbonyl (C=O) groups excluding carboxylic acids is 2. The summed E-state index contributed by atoms with van der Waals surface area (Å²) in [5, 5.41) is 16.3. The molecule has 7 nitrogen and oxygen atoms in total. The molecular formula is C13H15N3O4. The molecule has 1 aromatic carbocycles. The second kappa shape index (κ2) is 5.70. The van der Waals surface area contributed by atoms with Gasteiger partial charge in [0.2, 0.25) is 0 Å². The highest BCUT2D eigenvalue weighted by atomic mass is 16.5. The SMILES string of the molecule is COC(=O)C(CO)NC(=O)c1nn(C)c2ccccc12. The van der Waals surface area contributed by atoms with Crippen molar-refractivity contribution in [2.75, 3.05) is 13.7 Å². The summed E-state index contributed by atoms with van der Waals surface area (Å²) in [6.45, 7) is -0.539. The molecule has 0 saturated carbocycles. The molecule has 0 bridgehead atoms. The van der Waals surface area contributed by atoms with Crippen molar-refractivity contribution in [3.63, 3.8) is 0 Å². The average Bonchev–Trinajstić information content (AvgIpc) is 2.81. The monoisotopic (exact) mass is 277 g/mol. The van der Waals surface area contributed by atoms with Gasteiger partial charge in [-0.05, 0) is 6.07 Å². The normalized spacial score (nSPS) is 12.2. The highest BCUT2D eigenvalue weighted by Gasteiger charge is 2.24. The molecule has 2 aromatic rings. The molecule has 1 aromatic heterocycles. The molecule has 0 saturated heterocycles. The maximum absolute atomic E-state index is 12.2. The first-order chi connectivity index (χ1) is 9.58. The number of hydrogen-bond donors (Lipinski definition) is 2. The Kier molecular flexibility index (Phi) is 3.99. The van der Waals surface area contributed by atoms with Crippen LogP contribution < -0.4 is 5.32 Å². The molecule has 106 valence electrons. The van der Waals surface area contributed by atoms with Crippen molar-refractivity contribution >= 4 is 22.8 Å². The molecule has 1 atom stereocenters. The number of rotatable bonds is 4. The number of nitrogens with one attached hydrogen (secondary N) is 1. The summed E-state index contributed by atoms with van der Waals surface area (Å²) >= 11 is 0. The van der Waals surface area contributed by atoms with E-state index >= 15 is 0 Å². The van der Waals surface area contributed by atoms with Crippen LogP contribution in [0.4, 0.5) is 0 Å². The Morgan fingerprint density at radius 1 is 1.45 bits per heavy atom. The van der Waals surface area contributed by atoms with Crippen molar-refractivity contribution in [1.82, 2.24) is 15.1 Å². The van der Waals surface area contributed by atoms with E-state index in [9.17, 15) is 9.59 Å². The van der Waals surface area contributed by atoms with Crippen molar-refractivity contribution in [2.24, 2.45) is 7.05 Å². The third kappa shape index (κ3) is 2.48. The Morgan fingerprint density at radius 2 is 2.15 bits per heavy atom. The third-order valence-electron chi connectivity index (χ3n) is 2.95. The standard InChI is InChI=1S/C13H15N3O4/c1-16-10-6-4-3-5-8(10)11(15-16)12(18)14-9(7-17)13(19)20-2/h3-6,9,17H,7H2,1-2H3,(H,14,18). The Bertz CT molecular complexity index is 650. The highest BCUT2D eigenvalue weighted by Crippen LogP contribution is 2.17. The van der Waals surface area contributed by atoms with Crippen LogP contribution in [0.3, 0.4) is 0 Å². The van der Waals surface area contributed by atoms with Crippen LogP contribution in [-0.4, -0.2) is 46.5 Å². The van der Waals surface area contributed by atoms with Crippen LogP contribution in [0.5, 0.6) is 0 Å². The average molecular weight is 277 g/mol. The second-order valence-corrected chi connectivity index (χ2v) is 4.22. The van der Waals surface area contributed by atoms with Gasteiger partial charge in [-0.25, -0.2) is 4.79 Å². The zero-order valence-electron chi connectivity index (χ0n) is 11.2. The number of aromatic nitrogens is 2. The molecule has 0 aliphatic rings. The van der Waals surface area contributed by atoms with Crippen molar-refractivity contribution in [1.29, 1.82) is 0 Å². The van der Waals surface area contributed by atoms with Crippen molar-refractivity contribution in [3.8, 4) is 0 Å². The lowest BCUT2D eigenvalue weighted by Gasteiger charge is -2.12. The molecular weight excluding hydrogens is 262 g/mol. The summed E-state index contributed by atoms with van der Waals surface area (Å²) in [6, 6.07) is 6.14. The van der Waals surface area contributed by atoms with Gasteiger partial charge in [0.25, 0.3) is 5.91 Å². The number of hydrogen-bond acceptors (Lipinski definition) is 5. The van der Waals surface area contributed by atoms with E-state index in [1.165, 1.54) is 7.11 Å². The van der Waals surface area contributed by atoms with Crippen LogP contribution in [0.1, 0.15) is 10.5 Å². The number of esters is 1. The molecule has 2 rings (SSSR count). The van der Waals surface area contributed by atoms with Crippen LogP contribution in [0.25, 0.3) is 10.9 Å². The maximum Gasteiger partial charge on any atom is 0.330 e. The lowest BCUT2D eigenvalue weighted by atomic mass is 10.2. The largest absolute Gasteiger partial charge is 0.467 e. The minimum absolute atomic E-state index is 0.199. The molecule has 0 radical (unpaired) electrons. The first-order valence-electron chi connectivity index (χ1n) is 5.99. The Balaban J connectivity index is 2.30. The van der Waals surface area contributed by atoms with E-state index in [1.807, 2.05) is 12.1 Å². The Morgan fingerprint density at radius 3 is 2.80 bits per heavy atom. The number of methoxy groups -OCH3 is 1. The number of amides is 1. The number of para-hydroxylation sites is 1. The molecule has 7 heteroatoms. The van der Waals surface area contributed by atoms with Gasteiger partial charge in [-0.15, -0.1) is 0 Å². The number of fused-ring (bicyclic) bond motifs is 1. The van der Waals surface area contributed by atoms with E-state index in [0.717, 1.165) is 5.52 Å². The number of ether oxygens (including phenoxy) is 1. The molecule has 0 aliphatic heterocycles. The predicted octanol–water partition coefficient (Wildman–Crippen LogP) is -0.163. The molecule has 20 heavy (non-hydrogen) atoms. The van der Waals surface area contributed by atoms with E-state index in [0.29, 0.717) is 5.39 Å². The molecule has 0 spiro atoms. The fourth-order valence-electron chi connectivity index (χ4n) is 1.93. The predicted molar refractivity (Wildman–Crippen MR) is 71.1 cm³/mol. The van der Waals surface area contributed by atoms with Gasteiger partial charge in [-0.2, -0.15) is 5.10 Å². The van der Waals surface area contributed by atoms with Crippen LogP contribution in [0.15, 0.2) is 24.3 Å². The van der Waals surface area contributed by atoms with Crippen LogP contribution in [0.2, 0.25) is 0 Å². The number of carbonyl (C=O) groups is 2. The summed E-state index contributed by atoms with van der Waals surface area (Å²) in [4.78, 5) is 23.5. The van der Waals surface area contributed by atoms with Gasteiger partial charge in [0.05, 0.1) is 19.2 Å². The van der Waals surface area contributed by atoms with Gasteiger partial charge in [0.15, 0.2) is 11.7 Å². The number of aliphatic hydroxyl groups excluding tert-OH is 1. The van der Waals surface area contributed by atoms with Crippen LogP contribution >= 0.6 is 0 Å². The summed E-state index contributed by atoms with van der Waals surface area (Å²) < 4.78 is 6.07. The van der Waals surface area contributed by atoms with E-state index in [2.05, 4.69) is 15.2 Å². The molecule has 1 heterocycles. The zero-order valence-corrected chi connectivity index (χ0v) is 11.2. The lowest BCUT2D eigenvalue weighted by Crippen LogP contribution is -2.44. The van der Waals surface area contributed by atoms with Crippen molar-refractivity contribution in [3.05, 3.63) is 30.0 Å². The minimum Gasteiger partial charge on any atom is -0.467 e. The molecule has 0 fully saturated rings. The first-order valence-corrected chi connectivity index (χ1v) is 5.99. The van der Waals surface area contributed by atoms with E-state index < -0.39 is 24.5 Å². The van der Waals surface area contributed by atoms with Crippen LogP contribution in [-0.2, 0) is 16.6 Å². The fourth-order valence-corrected chi connectivity index (χ4v) is 1.93.